The number of amides is 1. The van der Waals surface area contributed by atoms with E-state index >= 15 is 0 Å². The Morgan fingerprint density at radius 1 is 1.11 bits per heavy atom. The Morgan fingerprint density at radius 2 is 1.82 bits per heavy atom. The molecule has 0 radical (unpaired) electrons. The summed E-state index contributed by atoms with van der Waals surface area (Å²) in [6.45, 7) is 2.44. The largest absolute Gasteiger partial charge is 0.353 e. The molecular formula is C21H29N5O2. The van der Waals surface area contributed by atoms with Crippen LogP contribution in [0.5, 0.6) is 0 Å². The van der Waals surface area contributed by atoms with E-state index in [2.05, 4.69) is 34.5 Å². The van der Waals surface area contributed by atoms with E-state index < -0.39 is 5.41 Å². The summed E-state index contributed by atoms with van der Waals surface area (Å²) < 4.78 is 3.14. The van der Waals surface area contributed by atoms with Crippen LogP contribution in [0.4, 0.5) is 0 Å². The predicted molar refractivity (Wildman–Crippen MR) is 107 cm³/mol. The van der Waals surface area contributed by atoms with Crippen molar-refractivity contribution in [2.75, 3.05) is 20.1 Å². The molecule has 1 amide bonds. The normalized spacial score (nSPS) is 22.3. The van der Waals surface area contributed by atoms with Crippen molar-refractivity contribution in [1.29, 1.82) is 0 Å². The second-order valence-corrected chi connectivity index (χ2v) is 8.22. The fourth-order valence-electron chi connectivity index (χ4n) is 4.57. The van der Waals surface area contributed by atoms with E-state index in [1.807, 2.05) is 18.2 Å². The number of piperidine rings is 1. The Bertz CT molecular complexity index is 893. The molecule has 7 heteroatoms. The topological polar surface area (TPSA) is 72.2 Å². The molecule has 3 heterocycles. The van der Waals surface area contributed by atoms with Gasteiger partial charge in [0.1, 0.15) is 5.82 Å². The minimum Gasteiger partial charge on any atom is -0.353 e. The first kappa shape index (κ1) is 18.9. The summed E-state index contributed by atoms with van der Waals surface area (Å²) in [5.41, 5.74) is 0.568. The molecule has 2 aromatic rings. The highest BCUT2D eigenvalue weighted by Crippen LogP contribution is 2.36. The lowest BCUT2D eigenvalue weighted by molar-refractivity contribution is -0.129. The van der Waals surface area contributed by atoms with Gasteiger partial charge < -0.3 is 10.2 Å². The highest BCUT2D eigenvalue weighted by molar-refractivity contribution is 5.88. The lowest BCUT2D eigenvalue weighted by atomic mass is 9.72. The standard InChI is InChI=1S/C21H29N5O2/c1-24-14-11-21(12-15-24,16-6-4-3-5-7-16)19(27)22-17-8-9-18-23-25(2)20(28)26(18)13-10-17/h3-7,17H,8-15H2,1-2H3,(H,22,27). The van der Waals surface area contributed by atoms with E-state index in [1.165, 1.54) is 4.68 Å². The van der Waals surface area contributed by atoms with Gasteiger partial charge in [-0.1, -0.05) is 30.3 Å². The summed E-state index contributed by atoms with van der Waals surface area (Å²) in [6.07, 6.45) is 3.94. The Kier molecular flexibility index (Phi) is 5.10. The van der Waals surface area contributed by atoms with Gasteiger partial charge in [0.25, 0.3) is 0 Å². The van der Waals surface area contributed by atoms with E-state index in [9.17, 15) is 9.59 Å². The third-order valence-corrected chi connectivity index (χ3v) is 6.44. The molecule has 28 heavy (non-hydrogen) atoms. The van der Waals surface area contributed by atoms with Crippen molar-refractivity contribution in [3.8, 4) is 0 Å². The molecular weight excluding hydrogens is 354 g/mol. The number of fused-ring (bicyclic) bond motifs is 1. The predicted octanol–water partition coefficient (Wildman–Crippen LogP) is 1.07. The van der Waals surface area contributed by atoms with Gasteiger partial charge in [-0.05, 0) is 51.4 Å². The Balaban J connectivity index is 1.52. The molecule has 0 bridgehead atoms. The van der Waals surface area contributed by atoms with Crippen LogP contribution in [-0.2, 0) is 30.2 Å². The van der Waals surface area contributed by atoms with Crippen LogP contribution < -0.4 is 11.0 Å². The van der Waals surface area contributed by atoms with E-state index in [1.54, 1.807) is 11.6 Å². The molecule has 0 spiro atoms. The van der Waals surface area contributed by atoms with Crippen molar-refractivity contribution in [1.82, 2.24) is 24.6 Å². The highest BCUT2D eigenvalue weighted by atomic mass is 16.2. The maximum atomic E-state index is 13.5. The molecule has 2 aliphatic heterocycles. The summed E-state index contributed by atoms with van der Waals surface area (Å²) in [4.78, 5) is 28.0. The monoisotopic (exact) mass is 383 g/mol. The zero-order chi connectivity index (χ0) is 19.7. The lowest BCUT2D eigenvalue weighted by Crippen LogP contribution is -2.53. The second-order valence-electron chi connectivity index (χ2n) is 8.22. The number of carbonyl (C=O) groups excluding carboxylic acids is 1. The van der Waals surface area contributed by atoms with Gasteiger partial charge in [-0.2, -0.15) is 5.10 Å². The maximum Gasteiger partial charge on any atom is 0.345 e. The summed E-state index contributed by atoms with van der Waals surface area (Å²) in [7, 11) is 3.80. The molecule has 7 nitrogen and oxygen atoms in total. The molecule has 1 aromatic heterocycles. The number of nitrogens with one attached hydrogen (secondary N) is 1. The number of benzene rings is 1. The molecule has 4 rings (SSSR count). The highest BCUT2D eigenvalue weighted by Gasteiger charge is 2.42. The van der Waals surface area contributed by atoms with Gasteiger partial charge in [-0.25, -0.2) is 9.48 Å². The van der Waals surface area contributed by atoms with Crippen molar-refractivity contribution >= 4 is 5.91 Å². The second kappa shape index (κ2) is 7.54. The molecule has 150 valence electrons. The van der Waals surface area contributed by atoms with E-state index in [-0.39, 0.29) is 17.6 Å². The molecule has 1 fully saturated rings. The number of carbonyl (C=O) groups is 1. The van der Waals surface area contributed by atoms with Crippen molar-refractivity contribution < 1.29 is 4.79 Å². The summed E-state index contributed by atoms with van der Waals surface area (Å²) >= 11 is 0. The van der Waals surface area contributed by atoms with Gasteiger partial charge in [-0.3, -0.25) is 9.36 Å². The van der Waals surface area contributed by atoms with Gasteiger partial charge >= 0.3 is 5.69 Å². The smallest absolute Gasteiger partial charge is 0.345 e. The van der Waals surface area contributed by atoms with Crippen LogP contribution in [0.25, 0.3) is 0 Å². The first-order valence-electron chi connectivity index (χ1n) is 10.2. The van der Waals surface area contributed by atoms with Gasteiger partial charge in [0.15, 0.2) is 0 Å². The van der Waals surface area contributed by atoms with E-state index in [0.717, 1.165) is 50.2 Å². The van der Waals surface area contributed by atoms with Crippen molar-refractivity contribution in [3.63, 3.8) is 0 Å². The molecule has 1 aromatic carbocycles. The van der Waals surface area contributed by atoms with E-state index in [4.69, 9.17) is 0 Å². The van der Waals surface area contributed by atoms with E-state index in [0.29, 0.717) is 13.0 Å². The van der Waals surface area contributed by atoms with Crippen LogP contribution >= 0.6 is 0 Å². The van der Waals surface area contributed by atoms with Crippen molar-refractivity contribution in [2.24, 2.45) is 7.05 Å². The number of nitrogens with zero attached hydrogens (tertiary/aromatic N) is 4. The van der Waals surface area contributed by atoms with Crippen LogP contribution in [-0.4, -0.2) is 51.3 Å². The van der Waals surface area contributed by atoms with Crippen molar-refractivity contribution in [2.45, 2.75) is 50.1 Å². The van der Waals surface area contributed by atoms with Crippen molar-refractivity contribution in [3.05, 3.63) is 52.2 Å². The number of rotatable bonds is 3. The molecule has 1 unspecified atom stereocenters. The molecule has 1 N–H and O–H groups in total. The number of likely N-dealkylation sites (tertiary alicyclic amines) is 1. The fraction of sp³-hybridized carbons (Fsp3) is 0.571. The van der Waals surface area contributed by atoms with Gasteiger partial charge in [-0.15, -0.1) is 0 Å². The summed E-state index contributed by atoms with van der Waals surface area (Å²) in [6, 6.07) is 10.3. The summed E-state index contributed by atoms with van der Waals surface area (Å²) in [5, 5.41) is 7.67. The fourth-order valence-corrected chi connectivity index (χ4v) is 4.57. The molecule has 1 atom stereocenters. The zero-order valence-electron chi connectivity index (χ0n) is 16.7. The molecule has 0 saturated carbocycles. The summed E-state index contributed by atoms with van der Waals surface area (Å²) in [5.74, 6) is 0.950. The van der Waals surface area contributed by atoms with Crippen LogP contribution in [0.15, 0.2) is 35.1 Å². The quantitative estimate of drug-likeness (QED) is 0.861. The first-order valence-corrected chi connectivity index (χ1v) is 10.2. The molecule has 1 saturated heterocycles. The van der Waals surface area contributed by atoms with Crippen LogP contribution in [0, 0.1) is 0 Å². The van der Waals surface area contributed by atoms with Crippen LogP contribution in [0.2, 0.25) is 0 Å². The lowest BCUT2D eigenvalue weighted by Gasteiger charge is -2.40. The molecule has 0 aliphatic carbocycles. The Morgan fingerprint density at radius 3 is 2.54 bits per heavy atom. The average Bonchev–Trinajstić information content (AvgIpc) is 2.86. The zero-order valence-corrected chi connectivity index (χ0v) is 16.7. The minimum absolute atomic E-state index is 0.0687. The number of hydrogen-bond donors (Lipinski definition) is 1. The molecule has 2 aliphatic rings. The maximum absolute atomic E-state index is 13.5. The Labute approximate surface area is 165 Å². The number of hydrogen-bond acceptors (Lipinski definition) is 4. The minimum atomic E-state index is -0.468. The van der Waals surface area contributed by atoms with Crippen LogP contribution in [0.1, 0.15) is 37.1 Å². The van der Waals surface area contributed by atoms with Crippen LogP contribution in [0.3, 0.4) is 0 Å². The third-order valence-electron chi connectivity index (χ3n) is 6.44. The SMILES string of the molecule is CN1CCC(C(=O)NC2CCc3nn(C)c(=O)n3CC2)(c2ccccc2)CC1. The Hall–Kier alpha value is -2.41. The first-order chi connectivity index (χ1) is 13.5. The number of aryl methyl sites for hydroxylation is 2. The van der Waals surface area contributed by atoms with Gasteiger partial charge in [0, 0.05) is 26.1 Å². The van der Waals surface area contributed by atoms with Gasteiger partial charge in [0.05, 0.1) is 5.41 Å². The average molecular weight is 383 g/mol. The number of aromatic nitrogens is 3. The van der Waals surface area contributed by atoms with Gasteiger partial charge in [0.2, 0.25) is 5.91 Å². The third kappa shape index (κ3) is 3.39.